The van der Waals surface area contributed by atoms with Gasteiger partial charge in [-0.15, -0.1) is 11.3 Å². The summed E-state index contributed by atoms with van der Waals surface area (Å²) in [5.41, 5.74) is 0. The summed E-state index contributed by atoms with van der Waals surface area (Å²) in [5.74, 6) is 0.167. The first-order valence-electron chi connectivity index (χ1n) is 4.16. The quantitative estimate of drug-likeness (QED) is 0.753. The molecule has 1 fully saturated rings. The molecule has 0 radical (unpaired) electrons. The number of amides is 1. The molecular formula is C9H11NOS. The number of rotatable bonds is 3. The van der Waals surface area contributed by atoms with Crippen molar-refractivity contribution in [2.45, 2.75) is 25.3 Å². The molecule has 3 heteroatoms. The fourth-order valence-electron chi connectivity index (χ4n) is 1.08. The van der Waals surface area contributed by atoms with Gasteiger partial charge in [0.05, 0.1) is 6.42 Å². The highest BCUT2D eigenvalue weighted by molar-refractivity contribution is 7.10. The van der Waals surface area contributed by atoms with Gasteiger partial charge in [0.25, 0.3) is 0 Å². The second-order valence-corrected chi connectivity index (χ2v) is 4.13. The Kier molecular flexibility index (Phi) is 2.13. The summed E-state index contributed by atoms with van der Waals surface area (Å²) >= 11 is 1.64. The van der Waals surface area contributed by atoms with Crippen molar-refractivity contribution >= 4 is 17.2 Å². The topological polar surface area (TPSA) is 29.1 Å². The predicted molar refractivity (Wildman–Crippen MR) is 49.2 cm³/mol. The van der Waals surface area contributed by atoms with Crippen LogP contribution in [0.4, 0.5) is 0 Å². The lowest BCUT2D eigenvalue weighted by Gasteiger charge is -1.99. The lowest BCUT2D eigenvalue weighted by atomic mass is 10.3. The monoisotopic (exact) mass is 181 g/mol. The van der Waals surface area contributed by atoms with Crippen LogP contribution in [0.15, 0.2) is 17.5 Å². The number of thiophene rings is 1. The van der Waals surface area contributed by atoms with Gasteiger partial charge in [-0.3, -0.25) is 4.79 Å². The molecule has 1 N–H and O–H groups in total. The molecule has 0 bridgehead atoms. The highest BCUT2D eigenvalue weighted by Crippen LogP contribution is 2.19. The third-order valence-corrected chi connectivity index (χ3v) is 2.73. The number of carbonyl (C=O) groups excluding carboxylic acids is 1. The lowest BCUT2D eigenvalue weighted by molar-refractivity contribution is -0.120. The SMILES string of the molecule is O=C(Cc1cccs1)NC1CC1. The van der Waals surface area contributed by atoms with E-state index in [9.17, 15) is 4.79 Å². The van der Waals surface area contributed by atoms with Crippen LogP contribution in [0.5, 0.6) is 0 Å². The average molecular weight is 181 g/mol. The Labute approximate surface area is 75.6 Å². The van der Waals surface area contributed by atoms with Gasteiger partial charge in [-0.25, -0.2) is 0 Å². The van der Waals surface area contributed by atoms with E-state index in [1.165, 1.54) is 0 Å². The van der Waals surface area contributed by atoms with E-state index in [1.54, 1.807) is 11.3 Å². The van der Waals surface area contributed by atoms with Crippen LogP contribution in [0.25, 0.3) is 0 Å². The van der Waals surface area contributed by atoms with Crippen molar-refractivity contribution in [2.75, 3.05) is 0 Å². The molecule has 0 aromatic carbocycles. The molecule has 1 aliphatic carbocycles. The summed E-state index contributed by atoms with van der Waals surface area (Å²) in [5, 5.41) is 4.96. The van der Waals surface area contributed by atoms with Crippen molar-refractivity contribution in [3.63, 3.8) is 0 Å². The molecule has 1 heterocycles. The molecule has 1 aromatic heterocycles. The molecular weight excluding hydrogens is 170 g/mol. The van der Waals surface area contributed by atoms with Crippen LogP contribution in [0, 0.1) is 0 Å². The van der Waals surface area contributed by atoms with Gasteiger partial charge in [0.2, 0.25) is 5.91 Å². The van der Waals surface area contributed by atoms with Crippen LogP contribution in [-0.2, 0) is 11.2 Å². The molecule has 1 aliphatic rings. The molecule has 0 spiro atoms. The van der Waals surface area contributed by atoms with Crippen LogP contribution in [-0.4, -0.2) is 11.9 Å². The van der Waals surface area contributed by atoms with Crippen molar-refractivity contribution in [1.82, 2.24) is 5.32 Å². The minimum atomic E-state index is 0.167. The van der Waals surface area contributed by atoms with E-state index in [-0.39, 0.29) is 5.91 Å². The summed E-state index contributed by atoms with van der Waals surface area (Å²) < 4.78 is 0. The molecule has 1 amide bonds. The maximum atomic E-state index is 11.3. The second kappa shape index (κ2) is 3.27. The van der Waals surface area contributed by atoms with Crippen molar-refractivity contribution < 1.29 is 4.79 Å². The Balaban J connectivity index is 1.82. The molecule has 2 rings (SSSR count). The first kappa shape index (κ1) is 7.80. The zero-order valence-corrected chi connectivity index (χ0v) is 7.56. The van der Waals surface area contributed by atoms with Crippen molar-refractivity contribution in [1.29, 1.82) is 0 Å². The van der Waals surface area contributed by atoms with E-state index in [4.69, 9.17) is 0 Å². The smallest absolute Gasteiger partial charge is 0.225 e. The highest BCUT2D eigenvalue weighted by atomic mass is 32.1. The van der Waals surface area contributed by atoms with Crippen molar-refractivity contribution in [3.8, 4) is 0 Å². The summed E-state index contributed by atoms with van der Waals surface area (Å²) in [6.45, 7) is 0. The third kappa shape index (κ3) is 2.08. The van der Waals surface area contributed by atoms with Gasteiger partial charge in [-0.1, -0.05) is 6.07 Å². The Hall–Kier alpha value is -0.830. The van der Waals surface area contributed by atoms with Crippen LogP contribution in [0.1, 0.15) is 17.7 Å². The molecule has 2 nitrogen and oxygen atoms in total. The Morgan fingerprint density at radius 2 is 2.50 bits per heavy atom. The van der Waals surface area contributed by atoms with Crippen molar-refractivity contribution in [3.05, 3.63) is 22.4 Å². The number of carbonyl (C=O) groups is 1. The van der Waals surface area contributed by atoms with E-state index in [2.05, 4.69) is 5.32 Å². The summed E-state index contributed by atoms with van der Waals surface area (Å²) in [7, 11) is 0. The number of hydrogen-bond donors (Lipinski definition) is 1. The number of nitrogens with one attached hydrogen (secondary N) is 1. The van der Waals surface area contributed by atoms with Crippen LogP contribution >= 0.6 is 11.3 Å². The maximum Gasteiger partial charge on any atom is 0.225 e. The van der Waals surface area contributed by atoms with Gasteiger partial charge in [0, 0.05) is 10.9 Å². The fourth-order valence-corrected chi connectivity index (χ4v) is 1.78. The van der Waals surface area contributed by atoms with E-state index < -0.39 is 0 Å². The first-order chi connectivity index (χ1) is 5.84. The van der Waals surface area contributed by atoms with Crippen LogP contribution in [0.2, 0.25) is 0 Å². The largest absolute Gasteiger partial charge is 0.353 e. The molecule has 1 saturated carbocycles. The van der Waals surface area contributed by atoms with E-state index >= 15 is 0 Å². The van der Waals surface area contributed by atoms with Gasteiger partial charge in [0.1, 0.15) is 0 Å². The van der Waals surface area contributed by atoms with Crippen LogP contribution < -0.4 is 5.32 Å². The molecule has 64 valence electrons. The Bertz CT molecular complexity index is 264. The lowest BCUT2D eigenvalue weighted by Crippen LogP contribution is -2.26. The van der Waals surface area contributed by atoms with E-state index in [1.807, 2.05) is 17.5 Å². The fraction of sp³-hybridized carbons (Fsp3) is 0.444. The molecule has 0 atom stereocenters. The molecule has 0 unspecified atom stereocenters. The maximum absolute atomic E-state index is 11.3. The Morgan fingerprint density at radius 3 is 3.08 bits per heavy atom. The van der Waals surface area contributed by atoms with Gasteiger partial charge in [-0.2, -0.15) is 0 Å². The molecule has 1 aromatic rings. The zero-order valence-electron chi connectivity index (χ0n) is 6.75. The summed E-state index contributed by atoms with van der Waals surface area (Å²) in [6, 6.07) is 4.46. The number of hydrogen-bond acceptors (Lipinski definition) is 2. The van der Waals surface area contributed by atoms with Gasteiger partial charge in [-0.05, 0) is 24.3 Å². The van der Waals surface area contributed by atoms with Gasteiger partial charge in [0.15, 0.2) is 0 Å². The van der Waals surface area contributed by atoms with Gasteiger partial charge < -0.3 is 5.32 Å². The van der Waals surface area contributed by atoms with Gasteiger partial charge >= 0.3 is 0 Å². The molecule has 12 heavy (non-hydrogen) atoms. The average Bonchev–Trinajstić information content (AvgIpc) is 2.66. The predicted octanol–water partition coefficient (Wildman–Crippen LogP) is 1.57. The minimum Gasteiger partial charge on any atom is -0.353 e. The zero-order chi connectivity index (χ0) is 8.39. The van der Waals surface area contributed by atoms with E-state index in [0.29, 0.717) is 12.5 Å². The van der Waals surface area contributed by atoms with E-state index in [0.717, 1.165) is 17.7 Å². The minimum absolute atomic E-state index is 0.167. The standard InChI is InChI=1S/C9H11NOS/c11-9(10-7-3-4-7)6-8-2-1-5-12-8/h1-2,5,7H,3-4,6H2,(H,10,11). The highest BCUT2D eigenvalue weighted by Gasteiger charge is 2.22. The van der Waals surface area contributed by atoms with Crippen molar-refractivity contribution in [2.24, 2.45) is 0 Å². The third-order valence-electron chi connectivity index (χ3n) is 1.86. The van der Waals surface area contributed by atoms with Crippen LogP contribution in [0.3, 0.4) is 0 Å². The normalized spacial score (nSPS) is 16.0. The summed E-state index contributed by atoms with van der Waals surface area (Å²) in [6.07, 6.45) is 2.88. The first-order valence-corrected chi connectivity index (χ1v) is 5.04. The Morgan fingerprint density at radius 1 is 1.67 bits per heavy atom. The second-order valence-electron chi connectivity index (χ2n) is 3.10. The molecule has 0 aliphatic heterocycles. The molecule has 0 saturated heterocycles. The summed E-state index contributed by atoms with van der Waals surface area (Å²) in [4.78, 5) is 12.4.